The number of ether oxygens (including phenoxy) is 1. The first-order valence-corrected chi connectivity index (χ1v) is 8.53. The molecule has 1 aromatic heterocycles. The van der Waals surface area contributed by atoms with Gasteiger partial charge in [-0.15, -0.1) is 10.2 Å². The zero-order valence-electron chi connectivity index (χ0n) is 15.5. The van der Waals surface area contributed by atoms with Gasteiger partial charge in [-0.05, 0) is 39.0 Å². The Kier molecular flexibility index (Phi) is 6.71. The fraction of sp³-hybridized carbons (Fsp3) is 0.444. The summed E-state index contributed by atoms with van der Waals surface area (Å²) in [4.78, 5) is 24.2. The number of hydrogen-bond acceptors (Lipinski definition) is 5. The molecule has 0 radical (unpaired) electrons. The van der Waals surface area contributed by atoms with Crippen LogP contribution in [0.15, 0.2) is 30.6 Å². The molecule has 2 amide bonds. The molecule has 0 aliphatic rings. The first kappa shape index (κ1) is 19.4. The summed E-state index contributed by atoms with van der Waals surface area (Å²) < 4.78 is 7.01. The largest absolute Gasteiger partial charge is 0.497 e. The van der Waals surface area contributed by atoms with E-state index in [0.717, 1.165) is 0 Å². The lowest BCUT2D eigenvalue weighted by Gasteiger charge is -2.17. The van der Waals surface area contributed by atoms with Crippen LogP contribution in [0.4, 0.5) is 0 Å². The molecule has 2 aromatic rings. The highest BCUT2D eigenvalue weighted by Crippen LogP contribution is 2.14. The second kappa shape index (κ2) is 8.98. The first-order chi connectivity index (χ1) is 12.4. The van der Waals surface area contributed by atoms with Gasteiger partial charge in [-0.25, -0.2) is 0 Å². The zero-order valence-corrected chi connectivity index (χ0v) is 15.5. The van der Waals surface area contributed by atoms with Crippen LogP contribution in [-0.2, 0) is 4.79 Å². The Bertz CT molecular complexity index is 757. The number of hydrogen-bond donors (Lipinski definition) is 2. The topological polar surface area (TPSA) is 98.1 Å². The summed E-state index contributed by atoms with van der Waals surface area (Å²) in [6.45, 7) is 6.14. The minimum absolute atomic E-state index is 0.165. The number of carbonyl (C=O) groups is 2. The van der Waals surface area contributed by atoms with Crippen LogP contribution < -0.4 is 15.4 Å². The van der Waals surface area contributed by atoms with Crippen molar-refractivity contribution in [3.8, 4) is 5.75 Å². The van der Waals surface area contributed by atoms with Gasteiger partial charge in [-0.1, -0.05) is 6.07 Å². The van der Waals surface area contributed by atoms with Gasteiger partial charge in [-0.2, -0.15) is 0 Å². The molecular weight excluding hydrogens is 334 g/mol. The van der Waals surface area contributed by atoms with Crippen LogP contribution in [0.5, 0.6) is 5.75 Å². The number of rotatable bonds is 8. The number of methoxy groups -OCH3 is 1. The highest BCUT2D eigenvalue weighted by molar-refractivity contribution is 5.94. The van der Waals surface area contributed by atoms with E-state index in [2.05, 4.69) is 20.8 Å². The Balaban J connectivity index is 1.81. The molecule has 8 heteroatoms. The Labute approximate surface area is 153 Å². The molecule has 0 aliphatic carbocycles. The van der Waals surface area contributed by atoms with Crippen molar-refractivity contribution in [2.75, 3.05) is 13.7 Å². The van der Waals surface area contributed by atoms with Gasteiger partial charge in [0.05, 0.1) is 13.2 Å². The van der Waals surface area contributed by atoms with E-state index in [1.807, 2.05) is 25.3 Å². The van der Waals surface area contributed by atoms with Gasteiger partial charge in [0.2, 0.25) is 5.91 Å². The van der Waals surface area contributed by atoms with E-state index in [4.69, 9.17) is 4.74 Å². The lowest BCUT2D eigenvalue weighted by atomic mass is 10.2. The molecule has 1 unspecified atom stereocenters. The van der Waals surface area contributed by atoms with Crippen molar-refractivity contribution in [1.29, 1.82) is 0 Å². The maximum atomic E-state index is 12.1. The zero-order chi connectivity index (χ0) is 19.1. The molecule has 0 fully saturated rings. The van der Waals surface area contributed by atoms with E-state index < -0.39 is 0 Å². The lowest BCUT2D eigenvalue weighted by molar-refractivity contribution is -0.121. The van der Waals surface area contributed by atoms with E-state index >= 15 is 0 Å². The molecule has 8 nitrogen and oxygen atoms in total. The Hall–Kier alpha value is -2.90. The highest BCUT2D eigenvalue weighted by Gasteiger charge is 2.17. The van der Waals surface area contributed by atoms with Crippen molar-refractivity contribution in [3.63, 3.8) is 0 Å². The lowest BCUT2D eigenvalue weighted by Crippen LogP contribution is -2.33. The number of carbonyl (C=O) groups excluding carboxylic acids is 2. The van der Waals surface area contributed by atoms with Gasteiger partial charge in [-0.3, -0.25) is 9.59 Å². The molecule has 1 heterocycles. The fourth-order valence-corrected chi connectivity index (χ4v) is 2.49. The summed E-state index contributed by atoms with van der Waals surface area (Å²) in [5.74, 6) is 0.901. The molecule has 2 N–H and O–H groups in total. The van der Waals surface area contributed by atoms with E-state index in [1.54, 1.807) is 37.7 Å². The van der Waals surface area contributed by atoms with Crippen molar-refractivity contribution in [1.82, 2.24) is 25.4 Å². The molecule has 0 bridgehead atoms. The summed E-state index contributed by atoms with van der Waals surface area (Å²) in [6.07, 6.45) is 1.83. The van der Waals surface area contributed by atoms with E-state index in [1.165, 1.54) is 0 Å². The summed E-state index contributed by atoms with van der Waals surface area (Å²) in [6, 6.07) is 6.80. The highest BCUT2D eigenvalue weighted by atomic mass is 16.5. The van der Waals surface area contributed by atoms with Crippen LogP contribution in [0.2, 0.25) is 0 Å². The van der Waals surface area contributed by atoms with Gasteiger partial charge in [0.15, 0.2) is 5.82 Å². The number of nitrogens with zero attached hydrogens (tertiary/aromatic N) is 3. The van der Waals surface area contributed by atoms with Crippen LogP contribution >= 0.6 is 0 Å². The van der Waals surface area contributed by atoms with Crippen molar-refractivity contribution in [2.24, 2.45) is 0 Å². The first-order valence-electron chi connectivity index (χ1n) is 8.53. The predicted octanol–water partition coefficient (Wildman–Crippen LogP) is 1.86. The van der Waals surface area contributed by atoms with Crippen LogP contribution in [0.25, 0.3) is 0 Å². The molecule has 0 aliphatic heterocycles. The Morgan fingerprint density at radius 3 is 2.73 bits per heavy atom. The normalized spacial score (nSPS) is 11.9. The van der Waals surface area contributed by atoms with Gasteiger partial charge in [0.25, 0.3) is 5.91 Å². The van der Waals surface area contributed by atoms with Crippen molar-refractivity contribution in [3.05, 3.63) is 42.0 Å². The second-order valence-corrected chi connectivity index (χ2v) is 6.22. The van der Waals surface area contributed by atoms with E-state index in [9.17, 15) is 9.59 Å². The molecule has 0 saturated heterocycles. The SMILES string of the molecule is COc1cccc(C(=O)NCCC(=O)NC(C)c2nncn2C(C)C)c1. The smallest absolute Gasteiger partial charge is 0.251 e. The van der Waals surface area contributed by atoms with Crippen LogP contribution in [0.1, 0.15) is 55.5 Å². The minimum Gasteiger partial charge on any atom is -0.497 e. The molecule has 1 aromatic carbocycles. The van der Waals surface area contributed by atoms with E-state index in [-0.39, 0.29) is 36.9 Å². The Morgan fingerprint density at radius 1 is 1.27 bits per heavy atom. The van der Waals surface area contributed by atoms with E-state index in [0.29, 0.717) is 17.1 Å². The predicted molar refractivity (Wildman–Crippen MR) is 96.9 cm³/mol. The standard InChI is InChI=1S/C18H25N5O3/c1-12(2)23-11-20-22-17(23)13(3)21-16(24)8-9-19-18(25)14-6-5-7-15(10-14)26-4/h5-7,10-13H,8-9H2,1-4H3,(H,19,25)(H,21,24). The molecular formula is C18H25N5O3. The number of nitrogens with one attached hydrogen (secondary N) is 2. The van der Waals surface area contributed by atoms with Crippen molar-refractivity contribution in [2.45, 2.75) is 39.3 Å². The van der Waals surface area contributed by atoms with Crippen molar-refractivity contribution < 1.29 is 14.3 Å². The molecule has 140 valence electrons. The maximum absolute atomic E-state index is 12.1. The Morgan fingerprint density at radius 2 is 2.04 bits per heavy atom. The van der Waals surface area contributed by atoms with Gasteiger partial charge >= 0.3 is 0 Å². The maximum Gasteiger partial charge on any atom is 0.251 e. The third-order valence-electron chi connectivity index (χ3n) is 3.89. The van der Waals surface area contributed by atoms with Gasteiger partial charge in [0, 0.05) is 24.6 Å². The fourth-order valence-electron chi connectivity index (χ4n) is 2.49. The molecule has 0 spiro atoms. The molecule has 2 rings (SSSR count). The monoisotopic (exact) mass is 359 g/mol. The number of benzene rings is 1. The number of aromatic nitrogens is 3. The third kappa shape index (κ3) is 5.05. The summed E-state index contributed by atoms with van der Waals surface area (Å²) in [5.41, 5.74) is 0.489. The summed E-state index contributed by atoms with van der Waals surface area (Å²) in [5, 5.41) is 13.6. The second-order valence-electron chi connectivity index (χ2n) is 6.22. The number of amides is 2. The molecule has 26 heavy (non-hydrogen) atoms. The van der Waals surface area contributed by atoms with Crippen LogP contribution in [-0.4, -0.2) is 40.2 Å². The molecule has 1 atom stereocenters. The van der Waals surface area contributed by atoms with Gasteiger partial charge in [0.1, 0.15) is 12.1 Å². The summed E-state index contributed by atoms with van der Waals surface area (Å²) >= 11 is 0. The van der Waals surface area contributed by atoms with Crippen LogP contribution in [0.3, 0.4) is 0 Å². The quantitative estimate of drug-likeness (QED) is 0.750. The third-order valence-corrected chi connectivity index (χ3v) is 3.89. The average Bonchev–Trinajstić information content (AvgIpc) is 3.12. The average molecular weight is 359 g/mol. The van der Waals surface area contributed by atoms with Crippen LogP contribution in [0, 0.1) is 0 Å². The van der Waals surface area contributed by atoms with Crippen molar-refractivity contribution >= 4 is 11.8 Å². The van der Waals surface area contributed by atoms with Gasteiger partial charge < -0.3 is 19.9 Å². The minimum atomic E-state index is -0.263. The summed E-state index contributed by atoms with van der Waals surface area (Å²) in [7, 11) is 1.54. The molecule has 0 saturated carbocycles.